The summed E-state index contributed by atoms with van der Waals surface area (Å²) in [5, 5.41) is 26.8. The molecule has 1 aromatic heterocycles. The Morgan fingerprint density at radius 2 is 1.62 bits per heavy atom. The average Bonchev–Trinajstić information content (AvgIpc) is 3.47. The lowest BCUT2D eigenvalue weighted by molar-refractivity contribution is -0.142. The highest BCUT2D eigenvalue weighted by Gasteiger charge is 2.27. The minimum Gasteiger partial charge on any atom is -0.508 e. The van der Waals surface area contributed by atoms with Crippen LogP contribution in [0.2, 0.25) is 0 Å². The van der Waals surface area contributed by atoms with E-state index in [1.165, 1.54) is 12.1 Å². The summed E-state index contributed by atoms with van der Waals surface area (Å²) in [6, 6.07) is 17.6. The number of aromatic nitrogens is 2. The van der Waals surface area contributed by atoms with Crippen molar-refractivity contribution >= 4 is 28.6 Å². The number of aliphatic carboxylic acids is 1. The third-order valence-corrected chi connectivity index (χ3v) is 6.83. The number of aryl methyl sites for hydroxylation is 1. The zero-order chi connectivity index (χ0) is 28.3. The standard InChI is InChI=1S/C31H34N4O5/c36-25-14-12-22(13-15-25)19-28(31(39)40)34-30(38)27(20-24-9-6-8-23-7-3-4-10-26(23)24)33-29(37)11-2-1-5-17-35-18-16-32-21-35/h3-4,6-10,12-16,18,21,27-28,36H,1-2,5,11,17,19-20H2,(H,33,37)(H,34,38)(H,39,40)/t27-,28-/m0/s1. The second kappa shape index (κ2) is 13.9. The van der Waals surface area contributed by atoms with Crippen LogP contribution in [0.4, 0.5) is 0 Å². The number of hydrogen-bond acceptors (Lipinski definition) is 5. The van der Waals surface area contributed by atoms with E-state index >= 15 is 0 Å². The van der Waals surface area contributed by atoms with Crippen LogP contribution >= 0.6 is 0 Å². The summed E-state index contributed by atoms with van der Waals surface area (Å²) in [6.07, 6.45) is 8.32. The molecule has 0 aliphatic heterocycles. The maximum atomic E-state index is 13.4. The largest absolute Gasteiger partial charge is 0.508 e. The average molecular weight is 543 g/mol. The van der Waals surface area contributed by atoms with Gasteiger partial charge in [0.2, 0.25) is 11.8 Å². The molecular formula is C31H34N4O5. The van der Waals surface area contributed by atoms with Gasteiger partial charge in [0.15, 0.2) is 0 Å². The van der Waals surface area contributed by atoms with Crippen LogP contribution in [-0.4, -0.2) is 49.6 Å². The molecule has 9 nitrogen and oxygen atoms in total. The number of carbonyl (C=O) groups excluding carboxylic acids is 2. The molecule has 208 valence electrons. The number of carboxylic acid groups (broad SMARTS) is 1. The first kappa shape index (κ1) is 28.4. The quantitative estimate of drug-likeness (QED) is 0.179. The molecular weight excluding hydrogens is 508 g/mol. The molecule has 0 aliphatic carbocycles. The van der Waals surface area contributed by atoms with Gasteiger partial charge in [-0.1, -0.05) is 61.0 Å². The van der Waals surface area contributed by atoms with E-state index in [4.69, 9.17) is 0 Å². The molecule has 4 rings (SSSR count). The van der Waals surface area contributed by atoms with Crippen molar-refractivity contribution in [2.75, 3.05) is 0 Å². The SMILES string of the molecule is O=C(CCCCCn1ccnc1)N[C@@H](Cc1cccc2ccccc12)C(=O)N[C@@H](Cc1ccc(O)cc1)C(=O)O. The fourth-order valence-corrected chi connectivity index (χ4v) is 4.68. The van der Waals surface area contributed by atoms with Gasteiger partial charge in [0.1, 0.15) is 17.8 Å². The monoisotopic (exact) mass is 542 g/mol. The third kappa shape index (κ3) is 8.17. The Kier molecular flexibility index (Phi) is 9.88. The minimum absolute atomic E-state index is 0.0349. The molecule has 0 saturated heterocycles. The predicted molar refractivity (Wildman–Crippen MR) is 152 cm³/mol. The summed E-state index contributed by atoms with van der Waals surface area (Å²) in [7, 11) is 0. The first-order chi connectivity index (χ1) is 19.4. The molecule has 2 amide bonds. The first-order valence-corrected chi connectivity index (χ1v) is 13.4. The van der Waals surface area contributed by atoms with Gasteiger partial charge in [0.25, 0.3) is 0 Å². The van der Waals surface area contributed by atoms with Crippen LogP contribution in [0, 0.1) is 0 Å². The van der Waals surface area contributed by atoms with Crippen molar-refractivity contribution in [1.29, 1.82) is 0 Å². The number of carboxylic acids is 1. The lowest BCUT2D eigenvalue weighted by atomic mass is 9.97. The van der Waals surface area contributed by atoms with Gasteiger partial charge in [-0.2, -0.15) is 0 Å². The summed E-state index contributed by atoms with van der Waals surface area (Å²) < 4.78 is 1.99. The van der Waals surface area contributed by atoms with E-state index in [1.807, 2.05) is 53.2 Å². The molecule has 2 atom stereocenters. The van der Waals surface area contributed by atoms with Gasteiger partial charge in [-0.3, -0.25) is 9.59 Å². The van der Waals surface area contributed by atoms with Gasteiger partial charge in [-0.25, -0.2) is 9.78 Å². The number of phenols is 1. The number of aromatic hydroxyl groups is 1. The number of imidazole rings is 1. The van der Waals surface area contributed by atoms with Crippen molar-refractivity contribution in [3.63, 3.8) is 0 Å². The van der Waals surface area contributed by atoms with Crippen molar-refractivity contribution in [2.24, 2.45) is 0 Å². The van der Waals surface area contributed by atoms with E-state index in [1.54, 1.807) is 24.7 Å². The van der Waals surface area contributed by atoms with Gasteiger partial charge in [-0.15, -0.1) is 0 Å². The van der Waals surface area contributed by atoms with Crippen LogP contribution in [0.3, 0.4) is 0 Å². The number of unbranched alkanes of at least 4 members (excludes halogenated alkanes) is 2. The van der Waals surface area contributed by atoms with Crippen LogP contribution in [0.5, 0.6) is 5.75 Å². The Labute approximate surface area is 232 Å². The number of fused-ring (bicyclic) bond motifs is 1. The van der Waals surface area contributed by atoms with Crippen LogP contribution in [0.1, 0.15) is 36.8 Å². The lowest BCUT2D eigenvalue weighted by Gasteiger charge is -2.22. The maximum Gasteiger partial charge on any atom is 0.326 e. The number of amides is 2. The Balaban J connectivity index is 1.43. The number of nitrogens with one attached hydrogen (secondary N) is 2. The Bertz CT molecular complexity index is 1410. The van der Waals surface area contributed by atoms with Gasteiger partial charge in [0, 0.05) is 38.2 Å². The summed E-state index contributed by atoms with van der Waals surface area (Å²) in [4.78, 5) is 42.4. The molecule has 0 spiro atoms. The Hall–Kier alpha value is -4.66. The molecule has 9 heteroatoms. The third-order valence-electron chi connectivity index (χ3n) is 6.83. The van der Waals surface area contributed by atoms with E-state index in [-0.39, 0.29) is 30.9 Å². The molecule has 0 aliphatic rings. The molecule has 0 unspecified atom stereocenters. The zero-order valence-corrected chi connectivity index (χ0v) is 22.2. The van der Waals surface area contributed by atoms with Crippen LogP contribution in [0.25, 0.3) is 10.8 Å². The second-order valence-corrected chi connectivity index (χ2v) is 9.84. The number of nitrogens with zero attached hydrogens (tertiary/aromatic N) is 2. The fourth-order valence-electron chi connectivity index (χ4n) is 4.68. The summed E-state index contributed by atoms with van der Waals surface area (Å²) in [5.41, 5.74) is 1.53. The predicted octanol–water partition coefficient (Wildman–Crippen LogP) is 3.84. The minimum atomic E-state index is -1.20. The topological polar surface area (TPSA) is 134 Å². The Morgan fingerprint density at radius 3 is 2.38 bits per heavy atom. The molecule has 0 fully saturated rings. The number of phenolic OH excluding ortho intramolecular Hbond substituents is 1. The highest BCUT2D eigenvalue weighted by atomic mass is 16.4. The number of hydrogen-bond donors (Lipinski definition) is 4. The van der Waals surface area contributed by atoms with Crippen molar-refractivity contribution in [1.82, 2.24) is 20.2 Å². The lowest BCUT2D eigenvalue weighted by Crippen LogP contribution is -2.53. The number of carbonyl (C=O) groups is 3. The van der Waals surface area contributed by atoms with Crippen LogP contribution in [0.15, 0.2) is 85.5 Å². The highest BCUT2D eigenvalue weighted by Crippen LogP contribution is 2.20. The molecule has 40 heavy (non-hydrogen) atoms. The molecule has 0 radical (unpaired) electrons. The summed E-state index contributed by atoms with van der Waals surface area (Å²) >= 11 is 0. The molecule has 0 bridgehead atoms. The number of benzene rings is 3. The smallest absolute Gasteiger partial charge is 0.326 e. The van der Waals surface area contributed by atoms with E-state index in [9.17, 15) is 24.6 Å². The zero-order valence-electron chi connectivity index (χ0n) is 22.2. The van der Waals surface area contributed by atoms with Crippen molar-refractivity contribution in [3.8, 4) is 5.75 Å². The molecule has 4 N–H and O–H groups in total. The van der Waals surface area contributed by atoms with Crippen molar-refractivity contribution in [2.45, 2.75) is 57.2 Å². The Morgan fingerprint density at radius 1 is 0.850 bits per heavy atom. The highest BCUT2D eigenvalue weighted by molar-refractivity contribution is 5.92. The summed E-state index contributed by atoms with van der Waals surface area (Å²) in [6.45, 7) is 0.825. The van der Waals surface area contributed by atoms with Gasteiger partial charge in [0.05, 0.1) is 6.33 Å². The van der Waals surface area contributed by atoms with Gasteiger partial charge in [-0.05, 0) is 46.9 Å². The van der Waals surface area contributed by atoms with Crippen LogP contribution in [-0.2, 0) is 33.8 Å². The molecule has 4 aromatic rings. The molecule has 1 heterocycles. The van der Waals surface area contributed by atoms with E-state index < -0.39 is 24.0 Å². The first-order valence-electron chi connectivity index (χ1n) is 13.4. The summed E-state index contributed by atoms with van der Waals surface area (Å²) in [5.74, 6) is -1.94. The van der Waals surface area contributed by atoms with E-state index in [2.05, 4.69) is 15.6 Å². The molecule has 0 saturated carbocycles. The molecule has 3 aromatic carbocycles. The maximum absolute atomic E-state index is 13.4. The van der Waals surface area contributed by atoms with Gasteiger partial charge < -0.3 is 25.4 Å². The van der Waals surface area contributed by atoms with Crippen molar-refractivity contribution < 1.29 is 24.6 Å². The fraction of sp³-hybridized carbons (Fsp3) is 0.290. The normalized spacial score (nSPS) is 12.5. The van der Waals surface area contributed by atoms with Gasteiger partial charge >= 0.3 is 5.97 Å². The van der Waals surface area contributed by atoms with Crippen molar-refractivity contribution in [3.05, 3.63) is 96.6 Å². The van der Waals surface area contributed by atoms with E-state index in [0.717, 1.165) is 35.7 Å². The van der Waals surface area contributed by atoms with Crippen LogP contribution < -0.4 is 10.6 Å². The number of rotatable bonds is 14. The van der Waals surface area contributed by atoms with E-state index in [0.29, 0.717) is 12.0 Å². The second-order valence-electron chi connectivity index (χ2n) is 9.84.